The summed E-state index contributed by atoms with van der Waals surface area (Å²) < 4.78 is 67.4. The maximum atomic E-state index is 13.4. The van der Waals surface area contributed by atoms with Crippen molar-refractivity contribution in [2.75, 3.05) is 18.8 Å². The van der Waals surface area contributed by atoms with Crippen molar-refractivity contribution >= 4 is 29.4 Å². The van der Waals surface area contributed by atoms with Crippen molar-refractivity contribution in [3.8, 4) is 5.88 Å². The van der Waals surface area contributed by atoms with E-state index in [1.165, 1.54) is 11.0 Å². The lowest BCUT2D eigenvalue weighted by Crippen LogP contribution is -2.45. The number of fused-ring (bicyclic) bond motifs is 1. The molecule has 0 bridgehead atoms. The van der Waals surface area contributed by atoms with Crippen LogP contribution in [-0.4, -0.2) is 67.2 Å². The van der Waals surface area contributed by atoms with Gasteiger partial charge in [-0.2, -0.15) is 17.7 Å². The van der Waals surface area contributed by atoms with Crippen molar-refractivity contribution in [2.45, 2.75) is 58.3 Å². The topological polar surface area (TPSA) is 135 Å². The van der Waals surface area contributed by atoms with Gasteiger partial charge >= 0.3 is 6.18 Å². The molecule has 0 radical (unpaired) electrons. The van der Waals surface area contributed by atoms with Crippen LogP contribution in [0.25, 0.3) is 11.7 Å². The maximum Gasteiger partial charge on any atom is 0.408 e. The predicted octanol–water partition coefficient (Wildman–Crippen LogP) is 2.39. The van der Waals surface area contributed by atoms with Gasteiger partial charge in [0.2, 0.25) is 11.8 Å². The number of nitrogens with two attached hydrogens (primary N) is 1. The Hall–Kier alpha value is -3.65. The quantitative estimate of drug-likeness (QED) is 0.385. The molecule has 37 heavy (non-hydrogen) atoms. The number of halogens is 5. The number of amides is 2. The fourth-order valence-electron chi connectivity index (χ4n) is 3.84. The molecule has 15 heteroatoms. The number of carbonyl (C=O) groups is 2. The van der Waals surface area contributed by atoms with Crippen molar-refractivity contribution in [3.05, 3.63) is 27.6 Å². The van der Waals surface area contributed by atoms with Gasteiger partial charge in [-0.15, -0.1) is 5.10 Å². The molecule has 1 aliphatic heterocycles. The molecule has 1 atom stereocenters. The summed E-state index contributed by atoms with van der Waals surface area (Å²) in [5, 5.41) is 16.3. The lowest BCUT2D eigenvalue weighted by molar-refractivity contribution is -0.149. The molecular weight excluding hydrogens is 507 g/mol. The third-order valence-corrected chi connectivity index (χ3v) is 5.88. The van der Waals surface area contributed by atoms with Crippen LogP contribution < -0.4 is 16.6 Å². The van der Waals surface area contributed by atoms with Gasteiger partial charge in [-0.3, -0.25) is 19.0 Å². The molecule has 0 aromatic carbocycles. The van der Waals surface area contributed by atoms with Crippen LogP contribution in [0.5, 0.6) is 5.88 Å². The Kier molecular flexibility index (Phi) is 7.56. The molecule has 1 unspecified atom stereocenters. The SMILES string of the molecule is CC(C)Cn1c(O)c(C(=O)NC(C)C(F)(F)F)c(=O)n2nc(N)c(C=CC(=O)N3CCC(F)(F)CC3)c12. The number of nitrogens with zero attached hydrogens (tertiary/aromatic N) is 4. The van der Waals surface area contributed by atoms with Crippen molar-refractivity contribution in [1.29, 1.82) is 0 Å². The highest BCUT2D eigenvalue weighted by Gasteiger charge is 2.39. The number of hydrogen-bond donors (Lipinski definition) is 3. The van der Waals surface area contributed by atoms with Gasteiger partial charge in [-0.1, -0.05) is 13.8 Å². The zero-order valence-electron chi connectivity index (χ0n) is 20.3. The van der Waals surface area contributed by atoms with E-state index in [-0.39, 0.29) is 42.6 Å². The number of piperidine rings is 1. The van der Waals surface area contributed by atoms with Crippen molar-refractivity contribution in [2.24, 2.45) is 5.92 Å². The van der Waals surface area contributed by atoms with E-state index in [1.807, 2.05) is 0 Å². The van der Waals surface area contributed by atoms with Gasteiger partial charge in [-0.25, -0.2) is 8.78 Å². The molecule has 10 nitrogen and oxygen atoms in total. The molecule has 2 aromatic rings. The molecule has 0 aliphatic carbocycles. The number of aromatic hydroxyl groups is 1. The Morgan fingerprint density at radius 1 is 1.22 bits per heavy atom. The Morgan fingerprint density at radius 3 is 2.35 bits per heavy atom. The Morgan fingerprint density at radius 2 is 1.81 bits per heavy atom. The van der Waals surface area contributed by atoms with E-state index < -0.39 is 59.8 Å². The van der Waals surface area contributed by atoms with Gasteiger partial charge in [0, 0.05) is 38.6 Å². The first kappa shape index (κ1) is 27.9. The molecule has 2 aromatic heterocycles. The zero-order valence-corrected chi connectivity index (χ0v) is 20.3. The van der Waals surface area contributed by atoms with E-state index in [0.29, 0.717) is 11.4 Å². The van der Waals surface area contributed by atoms with Gasteiger partial charge in [0.15, 0.2) is 17.0 Å². The number of nitrogens with one attached hydrogen (secondary N) is 1. The lowest BCUT2D eigenvalue weighted by atomic mass is 10.1. The van der Waals surface area contributed by atoms with Crippen molar-refractivity contribution < 1.29 is 36.6 Å². The summed E-state index contributed by atoms with van der Waals surface area (Å²) >= 11 is 0. The summed E-state index contributed by atoms with van der Waals surface area (Å²) in [5.74, 6) is -6.27. The number of anilines is 1. The van der Waals surface area contributed by atoms with Gasteiger partial charge in [0.1, 0.15) is 6.04 Å². The minimum atomic E-state index is -4.79. The predicted molar refractivity (Wildman–Crippen MR) is 123 cm³/mol. The first-order chi connectivity index (χ1) is 17.0. The largest absolute Gasteiger partial charge is 0.494 e. The minimum Gasteiger partial charge on any atom is -0.494 e. The van der Waals surface area contributed by atoms with Crippen molar-refractivity contribution in [1.82, 2.24) is 24.4 Å². The van der Waals surface area contributed by atoms with Crippen LogP contribution in [0.1, 0.15) is 49.5 Å². The zero-order chi connectivity index (χ0) is 27.9. The highest BCUT2D eigenvalue weighted by atomic mass is 19.4. The van der Waals surface area contributed by atoms with Crippen LogP contribution >= 0.6 is 0 Å². The fourth-order valence-corrected chi connectivity index (χ4v) is 3.84. The Balaban J connectivity index is 2.08. The molecule has 3 rings (SSSR count). The minimum absolute atomic E-state index is 0.00809. The summed E-state index contributed by atoms with van der Waals surface area (Å²) in [6.45, 7) is 3.83. The van der Waals surface area contributed by atoms with E-state index in [9.17, 15) is 41.4 Å². The van der Waals surface area contributed by atoms with E-state index in [2.05, 4.69) is 5.10 Å². The van der Waals surface area contributed by atoms with E-state index in [4.69, 9.17) is 5.73 Å². The van der Waals surface area contributed by atoms with Gasteiger partial charge < -0.3 is 21.1 Å². The molecule has 0 spiro atoms. The van der Waals surface area contributed by atoms with Gasteiger partial charge in [-0.05, 0) is 18.9 Å². The number of nitrogen functional groups attached to an aromatic ring is 1. The second-order valence-electron chi connectivity index (χ2n) is 9.29. The number of aromatic nitrogens is 3. The Labute approximate surface area is 207 Å². The lowest BCUT2D eigenvalue weighted by Gasteiger charge is -2.30. The number of hydrogen-bond acceptors (Lipinski definition) is 6. The van der Waals surface area contributed by atoms with Crippen LogP contribution in [0.15, 0.2) is 10.9 Å². The highest BCUT2D eigenvalue weighted by Crippen LogP contribution is 2.29. The fraction of sp³-hybridized carbons (Fsp3) is 0.545. The van der Waals surface area contributed by atoms with E-state index in [1.54, 1.807) is 19.2 Å². The maximum absolute atomic E-state index is 13.4. The molecule has 1 saturated heterocycles. The van der Waals surface area contributed by atoms with Crippen molar-refractivity contribution in [3.63, 3.8) is 0 Å². The van der Waals surface area contributed by atoms with Gasteiger partial charge in [0.25, 0.3) is 17.4 Å². The standard InChI is InChI=1S/C22H27F5N6O4/c1-11(2)10-32-18-13(4-5-14(34)31-8-6-21(23,24)7-9-31)16(28)30-33(18)20(37)15(19(32)36)17(35)29-12(3)22(25,26)27/h4-5,11-12,36H,6-10H2,1-3H3,(H2,28,30)(H,29,35). The molecule has 2 amide bonds. The smallest absolute Gasteiger partial charge is 0.408 e. The number of rotatable bonds is 6. The molecular formula is C22H27F5N6O4. The van der Waals surface area contributed by atoms with E-state index in [0.717, 1.165) is 10.6 Å². The molecule has 1 aliphatic rings. The first-order valence-corrected chi connectivity index (χ1v) is 11.4. The van der Waals surface area contributed by atoms with Crippen LogP contribution in [0.2, 0.25) is 0 Å². The normalized spacial score (nSPS) is 17.1. The summed E-state index contributed by atoms with van der Waals surface area (Å²) in [6, 6.07) is -2.31. The Bertz CT molecular complexity index is 1290. The average Bonchev–Trinajstić information content (AvgIpc) is 3.10. The second-order valence-corrected chi connectivity index (χ2v) is 9.29. The third-order valence-electron chi connectivity index (χ3n) is 5.88. The summed E-state index contributed by atoms with van der Waals surface area (Å²) in [5.41, 5.74) is 3.66. The first-order valence-electron chi connectivity index (χ1n) is 11.4. The number of carbonyl (C=O) groups excluding carboxylic acids is 2. The van der Waals surface area contributed by atoms with Crippen LogP contribution in [0, 0.1) is 5.92 Å². The average molecular weight is 534 g/mol. The molecule has 4 N–H and O–H groups in total. The monoisotopic (exact) mass is 534 g/mol. The number of alkyl halides is 5. The number of likely N-dealkylation sites (tertiary alicyclic amines) is 1. The molecule has 3 heterocycles. The van der Waals surface area contributed by atoms with E-state index >= 15 is 0 Å². The molecule has 1 fully saturated rings. The third kappa shape index (κ3) is 5.85. The summed E-state index contributed by atoms with van der Waals surface area (Å²) in [7, 11) is 0. The van der Waals surface area contributed by atoms with Crippen LogP contribution in [0.3, 0.4) is 0 Å². The van der Waals surface area contributed by atoms with Crippen LogP contribution in [-0.2, 0) is 11.3 Å². The van der Waals surface area contributed by atoms with Crippen LogP contribution in [0.4, 0.5) is 27.8 Å². The highest BCUT2D eigenvalue weighted by molar-refractivity contribution is 5.97. The molecule has 204 valence electrons. The second kappa shape index (κ2) is 10.0. The molecule has 0 saturated carbocycles. The summed E-state index contributed by atoms with van der Waals surface area (Å²) in [6.07, 6.45) is -3.50. The van der Waals surface area contributed by atoms with Gasteiger partial charge in [0.05, 0.1) is 5.56 Å². The summed E-state index contributed by atoms with van der Waals surface area (Å²) in [4.78, 5) is 39.4.